The Kier molecular flexibility index (Phi) is 5.10. The van der Waals surface area contributed by atoms with Gasteiger partial charge in [0.1, 0.15) is 11.3 Å². The van der Waals surface area contributed by atoms with Crippen molar-refractivity contribution in [2.75, 3.05) is 0 Å². The second-order valence-electron chi connectivity index (χ2n) is 7.54. The quantitative estimate of drug-likeness (QED) is 0.363. The lowest BCUT2D eigenvalue weighted by atomic mass is 9.99. The number of aryl methyl sites for hydroxylation is 2. The molecule has 0 fully saturated rings. The molecule has 4 rings (SSSR count). The summed E-state index contributed by atoms with van der Waals surface area (Å²) in [6, 6.07) is 5.43. The number of fused-ring (bicyclic) bond motifs is 1. The van der Waals surface area contributed by atoms with Crippen molar-refractivity contribution in [1.82, 2.24) is 9.78 Å². The molecule has 172 valence electrons. The maximum atomic E-state index is 14.5. The van der Waals surface area contributed by atoms with Gasteiger partial charge in [0.25, 0.3) is 5.56 Å². The van der Waals surface area contributed by atoms with Crippen molar-refractivity contribution in [3.8, 4) is 5.69 Å². The third-order valence-electron chi connectivity index (χ3n) is 5.27. The molecule has 2 aromatic carbocycles. The Morgan fingerprint density at radius 3 is 2.15 bits per heavy atom. The monoisotopic (exact) mass is 469 g/mol. The Morgan fingerprint density at radius 2 is 1.58 bits per heavy atom. The smallest absolute Gasteiger partial charge is 0.294 e. The highest BCUT2D eigenvalue weighted by atomic mass is 19.4. The van der Waals surface area contributed by atoms with Crippen LogP contribution < -0.4 is 5.56 Å². The van der Waals surface area contributed by atoms with Crippen LogP contribution in [0.5, 0.6) is 0 Å². The maximum absolute atomic E-state index is 14.5. The summed E-state index contributed by atoms with van der Waals surface area (Å²) in [6.07, 6.45) is -4.30. The summed E-state index contributed by atoms with van der Waals surface area (Å²) in [5.41, 5.74) is -2.19. The molecule has 2 heterocycles. The molecule has 0 spiro atoms. The third-order valence-corrected chi connectivity index (χ3v) is 5.27. The summed E-state index contributed by atoms with van der Waals surface area (Å²) in [5, 5.41) is 2.27. The van der Waals surface area contributed by atoms with Gasteiger partial charge in [-0.1, -0.05) is 11.6 Å². The molecule has 0 atom stereocenters. The van der Waals surface area contributed by atoms with Crippen LogP contribution >= 0.6 is 0 Å². The number of aliphatic imine (C=N–C) groups is 1. The first-order valence-electron chi connectivity index (χ1n) is 9.46. The van der Waals surface area contributed by atoms with Crippen molar-refractivity contribution in [1.29, 1.82) is 0 Å². The first-order chi connectivity index (χ1) is 15.3. The summed E-state index contributed by atoms with van der Waals surface area (Å²) in [4.78, 5) is 17.3. The SMILES string of the molecule is CC1=Nc2ccc(C)cc2C1=Cc1c(C)[nH]n(-c2c(F)c(F)c(C(F)(F)F)c(F)c2F)c1=O. The van der Waals surface area contributed by atoms with E-state index in [1.165, 1.54) is 13.0 Å². The van der Waals surface area contributed by atoms with Crippen LogP contribution in [0, 0.1) is 37.1 Å². The Bertz CT molecular complexity index is 1410. The van der Waals surface area contributed by atoms with E-state index in [2.05, 4.69) is 10.1 Å². The van der Waals surface area contributed by atoms with E-state index in [-0.39, 0.29) is 15.9 Å². The van der Waals surface area contributed by atoms with Crippen LogP contribution in [0.25, 0.3) is 17.3 Å². The molecule has 1 aliphatic heterocycles. The number of halogens is 7. The highest BCUT2D eigenvalue weighted by molar-refractivity contribution is 6.31. The van der Waals surface area contributed by atoms with Crippen molar-refractivity contribution in [2.45, 2.75) is 26.9 Å². The Labute approximate surface area is 181 Å². The van der Waals surface area contributed by atoms with E-state index in [9.17, 15) is 35.5 Å². The van der Waals surface area contributed by atoms with E-state index in [0.29, 0.717) is 22.5 Å². The fourth-order valence-corrected chi connectivity index (χ4v) is 3.68. The number of allylic oxidation sites excluding steroid dienone is 1. The van der Waals surface area contributed by atoms with Gasteiger partial charge >= 0.3 is 6.18 Å². The molecule has 4 nitrogen and oxygen atoms in total. The summed E-state index contributed by atoms with van der Waals surface area (Å²) >= 11 is 0. The largest absolute Gasteiger partial charge is 0.422 e. The normalized spacial score (nSPS) is 14.7. The van der Waals surface area contributed by atoms with Gasteiger partial charge in [-0.25, -0.2) is 22.2 Å². The van der Waals surface area contributed by atoms with E-state index >= 15 is 0 Å². The fourth-order valence-electron chi connectivity index (χ4n) is 3.68. The minimum absolute atomic E-state index is 0.0564. The van der Waals surface area contributed by atoms with Gasteiger partial charge in [0, 0.05) is 22.5 Å². The molecule has 0 radical (unpaired) electrons. The van der Waals surface area contributed by atoms with Gasteiger partial charge in [-0.15, -0.1) is 0 Å². The zero-order valence-corrected chi connectivity index (χ0v) is 17.3. The number of benzene rings is 2. The summed E-state index contributed by atoms with van der Waals surface area (Å²) in [6.45, 7) is 4.89. The molecule has 0 unspecified atom stereocenters. The second-order valence-corrected chi connectivity index (χ2v) is 7.54. The predicted molar refractivity (Wildman–Crippen MR) is 108 cm³/mol. The van der Waals surface area contributed by atoms with E-state index in [0.717, 1.165) is 5.56 Å². The number of nitrogens with one attached hydrogen (secondary N) is 1. The molecule has 0 bridgehead atoms. The Balaban J connectivity index is 1.93. The molecule has 0 saturated heterocycles. The Hall–Kier alpha value is -3.63. The molecular weight excluding hydrogens is 455 g/mol. The van der Waals surface area contributed by atoms with Crippen molar-refractivity contribution in [3.05, 3.63) is 79.8 Å². The average molecular weight is 469 g/mol. The van der Waals surface area contributed by atoms with Crippen molar-refractivity contribution in [3.63, 3.8) is 0 Å². The van der Waals surface area contributed by atoms with E-state index in [1.807, 2.05) is 19.1 Å². The highest BCUT2D eigenvalue weighted by Crippen LogP contribution is 2.38. The van der Waals surface area contributed by atoms with Gasteiger partial charge in [0.2, 0.25) is 0 Å². The van der Waals surface area contributed by atoms with Crippen LogP contribution in [0.1, 0.15) is 34.9 Å². The molecule has 0 aliphatic carbocycles. The van der Waals surface area contributed by atoms with Gasteiger partial charge in [-0.3, -0.25) is 14.9 Å². The molecular formula is C22H14F7N3O. The lowest BCUT2D eigenvalue weighted by Crippen LogP contribution is -2.23. The number of hydrogen-bond donors (Lipinski definition) is 1. The fraction of sp³-hybridized carbons (Fsp3) is 0.182. The first kappa shape index (κ1) is 22.6. The first-order valence-corrected chi connectivity index (χ1v) is 9.46. The predicted octanol–water partition coefficient (Wildman–Crippen LogP) is 6.00. The molecule has 11 heteroatoms. The minimum Gasteiger partial charge on any atom is -0.294 e. The summed E-state index contributed by atoms with van der Waals surface area (Å²) in [7, 11) is 0. The molecule has 3 aromatic rings. The molecule has 1 N–H and O–H groups in total. The number of H-pyrrole nitrogens is 1. The zero-order valence-electron chi connectivity index (χ0n) is 17.3. The van der Waals surface area contributed by atoms with Crippen LogP contribution in [0.4, 0.5) is 36.4 Å². The summed E-state index contributed by atoms with van der Waals surface area (Å²) in [5.74, 6) is -10.0. The van der Waals surface area contributed by atoms with Gasteiger partial charge in [-0.2, -0.15) is 13.2 Å². The maximum Gasteiger partial charge on any atom is 0.422 e. The highest BCUT2D eigenvalue weighted by Gasteiger charge is 2.43. The van der Waals surface area contributed by atoms with Gasteiger partial charge in [0.05, 0.1) is 11.3 Å². The number of alkyl halides is 3. The van der Waals surface area contributed by atoms with Crippen LogP contribution in [0.3, 0.4) is 0 Å². The standard InChI is InChI=1S/C22H14F7N3O/c1-8-4-5-14-13(6-8)11(9(2)30-14)7-12-10(3)31-32(21(12)33)20-18(25)16(23)15(22(27,28)29)17(24)19(20)26/h4-7,31H,1-3H3. The van der Waals surface area contributed by atoms with Crippen molar-refractivity contribution >= 4 is 23.0 Å². The van der Waals surface area contributed by atoms with E-state index in [1.54, 1.807) is 13.0 Å². The van der Waals surface area contributed by atoms with Gasteiger partial charge in [0.15, 0.2) is 23.3 Å². The third kappa shape index (κ3) is 3.47. The lowest BCUT2D eigenvalue weighted by Gasteiger charge is -2.14. The number of hydrogen-bond acceptors (Lipinski definition) is 2. The number of aromatic amines is 1. The molecule has 1 aromatic heterocycles. The van der Waals surface area contributed by atoms with Crippen molar-refractivity contribution in [2.24, 2.45) is 4.99 Å². The topological polar surface area (TPSA) is 50.1 Å². The number of aromatic nitrogens is 2. The van der Waals surface area contributed by atoms with E-state index in [4.69, 9.17) is 0 Å². The zero-order chi connectivity index (χ0) is 24.4. The van der Waals surface area contributed by atoms with Crippen LogP contribution in [-0.4, -0.2) is 15.5 Å². The van der Waals surface area contributed by atoms with Crippen molar-refractivity contribution < 1.29 is 30.7 Å². The van der Waals surface area contributed by atoms with Crippen LogP contribution in [0.2, 0.25) is 0 Å². The number of nitrogens with zero attached hydrogens (tertiary/aromatic N) is 2. The molecule has 1 aliphatic rings. The summed E-state index contributed by atoms with van der Waals surface area (Å²) < 4.78 is 95.7. The average Bonchev–Trinajstić information content (AvgIpc) is 3.16. The number of rotatable bonds is 2. The van der Waals surface area contributed by atoms with Crippen LogP contribution in [-0.2, 0) is 6.18 Å². The molecule has 0 saturated carbocycles. The lowest BCUT2D eigenvalue weighted by molar-refractivity contribution is -0.143. The second kappa shape index (κ2) is 7.46. The van der Waals surface area contributed by atoms with Gasteiger partial charge in [-0.05, 0) is 39.0 Å². The molecule has 0 amide bonds. The van der Waals surface area contributed by atoms with Gasteiger partial charge < -0.3 is 0 Å². The van der Waals surface area contributed by atoms with E-state index < -0.39 is 46.3 Å². The minimum atomic E-state index is -5.69. The Morgan fingerprint density at radius 1 is 0.970 bits per heavy atom. The molecule has 33 heavy (non-hydrogen) atoms. The van der Waals surface area contributed by atoms with Crippen LogP contribution in [0.15, 0.2) is 28.0 Å².